The minimum atomic E-state index is -0.343. The first kappa shape index (κ1) is 18.7. The number of hydrogen-bond donors (Lipinski definition) is 1. The Bertz CT molecular complexity index is 873. The van der Waals surface area contributed by atoms with Gasteiger partial charge in [0.05, 0.1) is 18.9 Å². The fourth-order valence-electron chi connectivity index (χ4n) is 3.64. The summed E-state index contributed by atoms with van der Waals surface area (Å²) in [4.78, 5) is 19.0. The van der Waals surface area contributed by atoms with Crippen molar-refractivity contribution in [2.24, 2.45) is 4.99 Å². The number of carbonyl (C=O) groups is 1. The molecule has 146 valence electrons. The number of nitrogens with one attached hydrogen (secondary N) is 1. The number of fused-ring (bicyclic) bond motifs is 1. The average Bonchev–Trinajstić information content (AvgIpc) is 3.33. The number of amides is 1. The number of nitrogens with zero attached hydrogens (tertiary/aromatic N) is 2. The van der Waals surface area contributed by atoms with E-state index < -0.39 is 0 Å². The average molecular weight is 379 g/mol. The zero-order chi connectivity index (χ0) is 19.5. The molecule has 2 aliphatic heterocycles. The Labute approximate surface area is 165 Å². The maximum absolute atomic E-state index is 12.3. The second kappa shape index (κ2) is 8.12. The molecule has 0 spiro atoms. The van der Waals surface area contributed by atoms with Gasteiger partial charge in [-0.05, 0) is 48.4 Å². The standard InChI is InChI=1S/C22H25N3O3/c1-15-4-3-5-19-21(15)18(22(26)24-19)14-23-16-6-8-17(9-7-16)25(2)11-10-20-27-12-13-28-20/h3-9,14,18,20H,10-13H2,1-2H3,(H,24,26). The van der Waals surface area contributed by atoms with Gasteiger partial charge in [-0.2, -0.15) is 0 Å². The molecule has 6 heteroatoms. The van der Waals surface area contributed by atoms with E-state index in [4.69, 9.17) is 9.47 Å². The van der Waals surface area contributed by atoms with Gasteiger partial charge in [0, 0.05) is 37.6 Å². The summed E-state index contributed by atoms with van der Waals surface area (Å²) in [7, 11) is 2.05. The Hall–Kier alpha value is -2.70. The van der Waals surface area contributed by atoms with Gasteiger partial charge in [0.1, 0.15) is 5.92 Å². The highest BCUT2D eigenvalue weighted by molar-refractivity contribution is 6.13. The van der Waals surface area contributed by atoms with Crippen molar-refractivity contribution in [1.29, 1.82) is 0 Å². The third-order valence-electron chi connectivity index (χ3n) is 5.23. The maximum Gasteiger partial charge on any atom is 0.237 e. The number of hydrogen-bond acceptors (Lipinski definition) is 5. The molecule has 0 aromatic heterocycles. The zero-order valence-electron chi connectivity index (χ0n) is 16.2. The Kier molecular flexibility index (Phi) is 5.41. The first-order chi connectivity index (χ1) is 13.6. The number of aryl methyl sites for hydroxylation is 1. The van der Waals surface area contributed by atoms with Crippen molar-refractivity contribution in [3.05, 3.63) is 53.6 Å². The van der Waals surface area contributed by atoms with Gasteiger partial charge in [0.25, 0.3) is 0 Å². The molecule has 1 fully saturated rings. The van der Waals surface area contributed by atoms with Crippen LogP contribution in [0, 0.1) is 6.92 Å². The topological polar surface area (TPSA) is 63.2 Å². The molecule has 1 unspecified atom stereocenters. The van der Waals surface area contributed by atoms with E-state index in [1.807, 2.05) is 49.4 Å². The van der Waals surface area contributed by atoms with E-state index in [0.717, 1.165) is 41.2 Å². The van der Waals surface area contributed by atoms with Crippen LogP contribution in [0.5, 0.6) is 0 Å². The Morgan fingerprint density at radius 1 is 1.18 bits per heavy atom. The molecule has 0 saturated carbocycles. The summed E-state index contributed by atoms with van der Waals surface area (Å²) >= 11 is 0. The number of anilines is 2. The summed E-state index contributed by atoms with van der Waals surface area (Å²) in [5.74, 6) is -0.370. The smallest absolute Gasteiger partial charge is 0.237 e. The fourth-order valence-corrected chi connectivity index (χ4v) is 3.64. The molecule has 2 aliphatic rings. The summed E-state index contributed by atoms with van der Waals surface area (Å²) in [6.45, 7) is 4.24. The largest absolute Gasteiger partial charge is 0.374 e. The predicted octanol–water partition coefficient (Wildman–Crippen LogP) is 3.63. The van der Waals surface area contributed by atoms with Gasteiger partial charge < -0.3 is 19.7 Å². The number of aliphatic imine (C=N–C) groups is 1. The molecule has 28 heavy (non-hydrogen) atoms. The second-order valence-electron chi connectivity index (χ2n) is 7.18. The number of benzene rings is 2. The highest BCUT2D eigenvalue weighted by Gasteiger charge is 2.30. The van der Waals surface area contributed by atoms with Crippen LogP contribution in [0.15, 0.2) is 47.5 Å². The number of ether oxygens (including phenoxy) is 2. The van der Waals surface area contributed by atoms with Gasteiger partial charge in [0.2, 0.25) is 5.91 Å². The highest BCUT2D eigenvalue weighted by Crippen LogP contribution is 2.34. The number of rotatable bonds is 6. The molecule has 6 nitrogen and oxygen atoms in total. The molecule has 4 rings (SSSR count). The van der Waals surface area contributed by atoms with Gasteiger partial charge >= 0.3 is 0 Å². The van der Waals surface area contributed by atoms with Crippen LogP contribution < -0.4 is 10.2 Å². The molecular weight excluding hydrogens is 354 g/mol. The van der Waals surface area contributed by atoms with Crippen LogP contribution in [0.1, 0.15) is 23.5 Å². The normalized spacial score (nSPS) is 19.2. The first-order valence-corrected chi connectivity index (χ1v) is 9.61. The lowest BCUT2D eigenvalue weighted by atomic mass is 9.97. The van der Waals surface area contributed by atoms with Crippen molar-refractivity contribution in [3.63, 3.8) is 0 Å². The van der Waals surface area contributed by atoms with Crippen molar-refractivity contribution in [3.8, 4) is 0 Å². The minimum absolute atomic E-state index is 0.0271. The maximum atomic E-state index is 12.3. The summed E-state index contributed by atoms with van der Waals surface area (Å²) in [6.07, 6.45) is 2.49. The van der Waals surface area contributed by atoms with Crippen LogP contribution >= 0.6 is 0 Å². The van der Waals surface area contributed by atoms with E-state index in [1.54, 1.807) is 6.21 Å². The highest BCUT2D eigenvalue weighted by atomic mass is 16.7. The van der Waals surface area contributed by atoms with Crippen LogP contribution in [0.2, 0.25) is 0 Å². The van der Waals surface area contributed by atoms with Gasteiger partial charge in [-0.1, -0.05) is 12.1 Å². The summed E-state index contributed by atoms with van der Waals surface area (Å²) in [5.41, 5.74) is 4.93. The van der Waals surface area contributed by atoms with Gasteiger partial charge in [-0.25, -0.2) is 0 Å². The monoisotopic (exact) mass is 379 g/mol. The van der Waals surface area contributed by atoms with Crippen LogP contribution in [0.4, 0.5) is 17.1 Å². The van der Waals surface area contributed by atoms with Crippen molar-refractivity contribution < 1.29 is 14.3 Å². The third-order valence-corrected chi connectivity index (χ3v) is 5.23. The molecule has 2 aromatic carbocycles. The molecule has 1 atom stereocenters. The van der Waals surface area contributed by atoms with Crippen LogP contribution in [0.3, 0.4) is 0 Å². The zero-order valence-corrected chi connectivity index (χ0v) is 16.2. The number of carbonyl (C=O) groups excluding carboxylic acids is 1. The fraction of sp³-hybridized carbons (Fsp3) is 0.364. The molecule has 2 heterocycles. The van der Waals surface area contributed by atoms with E-state index in [2.05, 4.69) is 22.3 Å². The summed E-state index contributed by atoms with van der Waals surface area (Å²) in [6, 6.07) is 13.9. The van der Waals surface area contributed by atoms with Gasteiger partial charge in [-0.3, -0.25) is 9.79 Å². The van der Waals surface area contributed by atoms with E-state index in [-0.39, 0.29) is 18.1 Å². The van der Waals surface area contributed by atoms with E-state index >= 15 is 0 Å². The van der Waals surface area contributed by atoms with Gasteiger partial charge in [-0.15, -0.1) is 0 Å². The molecule has 0 aliphatic carbocycles. The molecule has 2 aromatic rings. The Morgan fingerprint density at radius 2 is 1.93 bits per heavy atom. The predicted molar refractivity (Wildman–Crippen MR) is 111 cm³/mol. The van der Waals surface area contributed by atoms with Crippen LogP contribution in [-0.4, -0.2) is 45.2 Å². The molecule has 0 bridgehead atoms. The van der Waals surface area contributed by atoms with E-state index in [0.29, 0.717) is 13.2 Å². The quantitative estimate of drug-likeness (QED) is 0.779. The van der Waals surface area contributed by atoms with Crippen LogP contribution in [-0.2, 0) is 14.3 Å². The molecule has 1 saturated heterocycles. The molecule has 0 radical (unpaired) electrons. The first-order valence-electron chi connectivity index (χ1n) is 9.61. The molecular formula is C22H25N3O3. The molecule has 1 amide bonds. The van der Waals surface area contributed by atoms with Crippen molar-refractivity contribution >= 4 is 29.2 Å². The third kappa shape index (κ3) is 3.93. The lowest BCUT2D eigenvalue weighted by molar-refractivity contribution is -0.115. The SMILES string of the molecule is Cc1cccc2c1C(C=Nc1ccc(N(C)CCC3OCCO3)cc1)C(=O)N2. The van der Waals surface area contributed by atoms with E-state index in [9.17, 15) is 4.79 Å². The lowest BCUT2D eigenvalue weighted by Crippen LogP contribution is -2.23. The Balaban J connectivity index is 1.40. The van der Waals surface area contributed by atoms with Crippen molar-refractivity contribution in [1.82, 2.24) is 0 Å². The van der Waals surface area contributed by atoms with E-state index in [1.165, 1.54) is 0 Å². The summed E-state index contributed by atoms with van der Waals surface area (Å²) < 4.78 is 11.0. The Morgan fingerprint density at radius 3 is 2.68 bits per heavy atom. The van der Waals surface area contributed by atoms with Crippen LogP contribution in [0.25, 0.3) is 0 Å². The van der Waals surface area contributed by atoms with Crippen molar-refractivity contribution in [2.75, 3.05) is 37.0 Å². The second-order valence-corrected chi connectivity index (χ2v) is 7.18. The van der Waals surface area contributed by atoms with Gasteiger partial charge in [0.15, 0.2) is 6.29 Å². The minimum Gasteiger partial charge on any atom is -0.374 e. The lowest BCUT2D eigenvalue weighted by Gasteiger charge is -2.20. The van der Waals surface area contributed by atoms with Crippen molar-refractivity contribution in [2.45, 2.75) is 25.6 Å². The summed E-state index contributed by atoms with van der Waals surface area (Å²) in [5, 5.41) is 2.93. The molecule has 1 N–H and O–H groups in total.